The monoisotopic (exact) mass is 383 g/mol. The van der Waals surface area contributed by atoms with Crippen LogP contribution in [0.1, 0.15) is 17.4 Å². The van der Waals surface area contributed by atoms with Gasteiger partial charge in [-0.3, -0.25) is 10.1 Å². The number of methoxy groups -OCH3 is 2. The van der Waals surface area contributed by atoms with Crippen LogP contribution in [-0.4, -0.2) is 35.8 Å². The minimum atomic E-state index is -0.882. The molecule has 146 valence electrons. The molecule has 1 atom stereocenters. The molecule has 0 radical (unpaired) electrons. The number of anilines is 1. The van der Waals surface area contributed by atoms with Gasteiger partial charge in [-0.15, -0.1) is 0 Å². The molecule has 1 aromatic heterocycles. The molecule has 0 aliphatic carbocycles. The molecule has 0 aliphatic rings. The van der Waals surface area contributed by atoms with E-state index in [1.807, 2.05) is 0 Å². The van der Waals surface area contributed by atoms with Crippen LogP contribution in [0.2, 0.25) is 0 Å². The zero-order valence-corrected chi connectivity index (χ0v) is 15.8. The van der Waals surface area contributed by atoms with E-state index in [4.69, 9.17) is 9.47 Å². The number of aryl methyl sites for hydroxylation is 1. The number of aliphatic hydroxyl groups is 1. The quantitative estimate of drug-likeness (QED) is 0.474. The lowest BCUT2D eigenvalue weighted by Crippen LogP contribution is -2.14. The van der Waals surface area contributed by atoms with E-state index in [2.05, 4.69) is 10.3 Å². The summed E-state index contributed by atoms with van der Waals surface area (Å²) in [5, 5.41) is 25.8. The lowest BCUT2D eigenvalue weighted by atomic mass is 10.1. The van der Waals surface area contributed by atoms with Gasteiger partial charge in [0.1, 0.15) is 11.5 Å². The number of para-hydroxylation sites is 1. The maximum atomic E-state index is 11.3. The van der Waals surface area contributed by atoms with Gasteiger partial charge in [-0.2, -0.15) is 0 Å². The van der Waals surface area contributed by atoms with Crippen LogP contribution in [0.15, 0.2) is 42.5 Å². The number of nitrogens with zero attached hydrogens (tertiary/aromatic N) is 2. The van der Waals surface area contributed by atoms with Gasteiger partial charge in [-0.25, -0.2) is 4.98 Å². The molecular weight excluding hydrogens is 362 g/mol. The first-order valence-corrected chi connectivity index (χ1v) is 8.63. The van der Waals surface area contributed by atoms with E-state index in [1.165, 1.54) is 13.2 Å². The molecule has 0 saturated carbocycles. The highest BCUT2D eigenvalue weighted by Crippen LogP contribution is 2.32. The van der Waals surface area contributed by atoms with E-state index in [-0.39, 0.29) is 12.2 Å². The first-order chi connectivity index (χ1) is 13.4. The van der Waals surface area contributed by atoms with Gasteiger partial charge in [-0.05, 0) is 31.2 Å². The normalized spacial score (nSPS) is 11.9. The van der Waals surface area contributed by atoms with Gasteiger partial charge in [0.15, 0.2) is 5.52 Å². The van der Waals surface area contributed by atoms with E-state index in [9.17, 15) is 15.2 Å². The molecule has 1 unspecified atom stereocenters. The molecular formula is C20H21N3O5. The van der Waals surface area contributed by atoms with Crippen molar-refractivity contribution in [3.05, 3.63) is 63.8 Å². The zero-order chi connectivity index (χ0) is 20.3. The third-order valence-corrected chi connectivity index (χ3v) is 4.42. The summed E-state index contributed by atoms with van der Waals surface area (Å²) in [5.41, 5.74) is 2.13. The molecule has 0 spiro atoms. The fraction of sp³-hybridized carbons (Fsp3) is 0.250. The standard InChI is InChI=1S/C20H21N3O5/c1-12-9-16(14-5-4-6-17(23(25)26)20(14)22-12)21-11-18(24)15-10-13(27-2)7-8-19(15)28-3/h4-10,18,24H,11H2,1-3H3,(H,21,22). The largest absolute Gasteiger partial charge is 0.497 e. The number of ether oxygens (including phenoxy) is 2. The topological polar surface area (TPSA) is 107 Å². The van der Waals surface area contributed by atoms with E-state index < -0.39 is 11.0 Å². The van der Waals surface area contributed by atoms with Crippen LogP contribution in [-0.2, 0) is 0 Å². The maximum absolute atomic E-state index is 11.3. The first kappa shape index (κ1) is 19.4. The van der Waals surface area contributed by atoms with E-state index in [0.717, 1.165) is 0 Å². The second-order valence-electron chi connectivity index (χ2n) is 6.25. The van der Waals surface area contributed by atoms with Crippen LogP contribution >= 0.6 is 0 Å². The van der Waals surface area contributed by atoms with Crippen LogP contribution in [0.3, 0.4) is 0 Å². The van der Waals surface area contributed by atoms with E-state index in [0.29, 0.717) is 39.3 Å². The van der Waals surface area contributed by atoms with Crippen molar-refractivity contribution in [2.45, 2.75) is 13.0 Å². The molecule has 1 heterocycles. The second-order valence-corrected chi connectivity index (χ2v) is 6.25. The minimum absolute atomic E-state index is 0.0562. The highest BCUT2D eigenvalue weighted by molar-refractivity contribution is 5.96. The van der Waals surface area contributed by atoms with Gasteiger partial charge in [-0.1, -0.05) is 12.1 Å². The number of nitro groups is 1. The molecule has 0 amide bonds. The zero-order valence-electron chi connectivity index (χ0n) is 15.8. The average molecular weight is 383 g/mol. The van der Waals surface area contributed by atoms with Gasteiger partial charge in [0.05, 0.1) is 25.2 Å². The number of nitro benzene ring substituents is 1. The summed E-state index contributed by atoms with van der Waals surface area (Å²) in [7, 11) is 3.08. The lowest BCUT2D eigenvalue weighted by Gasteiger charge is -2.18. The van der Waals surface area contributed by atoms with Crippen molar-refractivity contribution in [3.63, 3.8) is 0 Å². The second kappa shape index (κ2) is 8.10. The molecule has 2 N–H and O–H groups in total. The average Bonchev–Trinajstić information content (AvgIpc) is 2.70. The van der Waals surface area contributed by atoms with Gasteiger partial charge in [0, 0.05) is 34.9 Å². The van der Waals surface area contributed by atoms with Crippen molar-refractivity contribution in [2.75, 3.05) is 26.1 Å². The Hall–Kier alpha value is -3.39. The Labute approximate surface area is 161 Å². The number of benzene rings is 2. The van der Waals surface area contributed by atoms with E-state index in [1.54, 1.807) is 50.4 Å². The number of fused-ring (bicyclic) bond motifs is 1. The van der Waals surface area contributed by atoms with Crippen LogP contribution in [0.4, 0.5) is 11.4 Å². The number of hydrogen-bond acceptors (Lipinski definition) is 7. The molecule has 0 aliphatic heterocycles. The molecule has 3 aromatic rings. The van der Waals surface area contributed by atoms with Crippen molar-refractivity contribution in [3.8, 4) is 11.5 Å². The number of aliphatic hydroxyl groups excluding tert-OH is 1. The Balaban J connectivity index is 1.92. The predicted octanol–water partition coefficient (Wildman–Crippen LogP) is 3.61. The van der Waals surface area contributed by atoms with Crippen molar-refractivity contribution < 1.29 is 19.5 Å². The van der Waals surface area contributed by atoms with Gasteiger partial charge in [0.2, 0.25) is 0 Å². The number of aromatic nitrogens is 1. The molecule has 3 rings (SSSR count). The summed E-state index contributed by atoms with van der Waals surface area (Å²) >= 11 is 0. The summed E-state index contributed by atoms with van der Waals surface area (Å²) in [6.45, 7) is 1.94. The number of non-ortho nitro benzene ring substituents is 1. The van der Waals surface area contributed by atoms with Crippen LogP contribution in [0.25, 0.3) is 10.9 Å². The van der Waals surface area contributed by atoms with Crippen molar-refractivity contribution in [1.82, 2.24) is 4.98 Å². The number of hydrogen-bond donors (Lipinski definition) is 2. The Morgan fingerprint density at radius 1 is 1.21 bits per heavy atom. The minimum Gasteiger partial charge on any atom is -0.497 e. The Morgan fingerprint density at radius 2 is 2.00 bits per heavy atom. The molecule has 8 nitrogen and oxygen atoms in total. The number of nitrogens with one attached hydrogen (secondary N) is 1. The van der Waals surface area contributed by atoms with Gasteiger partial charge >= 0.3 is 0 Å². The highest BCUT2D eigenvalue weighted by atomic mass is 16.6. The van der Waals surface area contributed by atoms with Crippen LogP contribution in [0.5, 0.6) is 11.5 Å². The third kappa shape index (κ3) is 3.81. The summed E-state index contributed by atoms with van der Waals surface area (Å²) in [6.07, 6.45) is -0.882. The SMILES string of the molecule is COc1ccc(OC)c(C(O)CNc2cc(C)nc3c([N+](=O)[O-])cccc23)c1. The molecule has 28 heavy (non-hydrogen) atoms. The Kier molecular flexibility index (Phi) is 5.60. The summed E-state index contributed by atoms with van der Waals surface area (Å²) in [5.74, 6) is 1.15. The maximum Gasteiger partial charge on any atom is 0.295 e. The molecule has 0 fully saturated rings. The van der Waals surface area contributed by atoms with Crippen molar-refractivity contribution in [1.29, 1.82) is 0 Å². The van der Waals surface area contributed by atoms with Gasteiger partial charge < -0.3 is 19.9 Å². The first-order valence-electron chi connectivity index (χ1n) is 8.63. The molecule has 2 aromatic carbocycles. The lowest BCUT2D eigenvalue weighted by molar-refractivity contribution is -0.383. The number of pyridine rings is 1. The third-order valence-electron chi connectivity index (χ3n) is 4.42. The summed E-state index contributed by atoms with van der Waals surface area (Å²) in [6, 6.07) is 11.8. The van der Waals surface area contributed by atoms with Crippen LogP contribution < -0.4 is 14.8 Å². The Bertz CT molecular complexity index is 1020. The fourth-order valence-electron chi connectivity index (χ4n) is 3.07. The number of rotatable bonds is 7. The molecule has 8 heteroatoms. The van der Waals surface area contributed by atoms with Gasteiger partial charge in [0.25, 0.3) is 5.69 Å². The van der Waals surface area contributed by atoms with Crippen LogP contribution in [0, 0.1) is 17.0 Å². The van der Waals surface area contributed by atoms with Crippen molar-refractivity contribution >= 4 is 22.3 Å². The highest BCUT2D eigenvalue weighted by Gasteiger charge is 2.18. The smallest absolute Gasteiger partial charge is 0.295 e. The fourth-order valence-corrected chi connectivity index (χ4v) is 3.07. The van der Waals surface area contributed by atoms with E-state index >= 15 is 0 Å². The Morgan fingerprint density at radius 3 is 2.68 bits per heavy atom. The summed E-state index contributed by atoms with van der Waals surface area (Å²) in [4.78, 5) is 15.2. The molecule has 0 bridgehead atoms. The van der Waals surface area contributed by atoms with Crippen molar-refractivity contribution in [2.24, 2.45) is 0 Å². The summed E-state index contributed by atoms with van der Waals surface area (Å²) < 4.78 is 10.5. The molecule has 0 saturated heterocycles. The predicted molar refractivity (Wildman–Crippen MR) is 106 cm³/mol.